The summed E-state index contributed by atoms with van der Waals surface area (Å²) in [5.74, 6) is -0.974. The van der Waals surface area contributed by atoms with Crippen LogP contribution in [-0.2, 0) is 0 Å². The van der Waals surface area contributed by atoms with E-state index in [4.69, 9.17) is 35.4 Å². The summed E-state index contributed by atoms with van der Waals surface area (Å²) in [5, 5.41) is 2.89. The zero-order valence-electron chi connectivity index (χ0n) is 11.5. The fourth-order valence-corrected chi connectivity index (χ4v) is 2.08. The van der Waals surface area contributed by atoms with Gasteiger partial charge in [0.25, 0.3) is 11.8 Å². The minimum absolute atomic E-state index is 0.0894. The quantitative estimate of drug-likeness (QED) is 0.559. The number of hydrogen-bond acceptors (Lipinski definition) is 4. The van der Waals surface area contributed by atoms with Gasteiger partial charge in [-0.15, -0.1) is 0 Å². The summed E-state index contributed by atoms with van der Waals surface area (Å²) in [5.41, 5.74) is 5.33. The number of hydrogen-bond donors (Lipinski definition) is 3. The minimum Gasteiger partial charge on any atom is -0.298 e. The molecule has 0 saturated heterocycles. The molecule has 0 unspecified atom stereocenters. The van der Waals surface area contributed by atoms with Crippen LogP contribution in [0.15, 0.2) is 42.7 Å². The van der Waals surface area contributed by atoms with E-state index in [1.165, 1.54) is 36.7 Å². The molecule has 118 valence electrons. The lowest BCUT2D eigenvalue weighted by atomic mass is 10.2. The SMILES string of the molecule is O=C(NNC(=S)NC(=O)c1cc(Cl)ccc1Cl)c1ccncc1. The molecule has 1 aromatic carbocycles. The van der Waals surface area contributed by atoms with Crippen molar-refractivity contribution in [3.63, 3.8) is 0 Å². The van der Waals surface area contributed by atoms with Gasteiger partial charge in [-0.1, -0.05) is 23.2 Å². The molecule has 0 fully saturated rings. The van der Waals surface area contributed by atoms with Crippen LogP contribution >= 0.6 is 35.4 Å². The topological polar surface area (TPSA) is 83.1 Å². The molecule has 2 aromatic rings. The molecule has 0 aliphatic carbocycles. The number of nitrogens with zero attached hydrogens (tertiary/aromatic N) is 1. The Bertz CT molecular complexity index is 756. The van der Waals surface area contributed by atoms with Gasteiger partial charge in [0.2, 0.25) is 0 Å². The smallest absolute Gasteiger partial charge is 0.269 e. The molecule has 1 aromatic heterocycles. The van der Waals surface area contributed by atoms with Gasteiger partial charge in [-0.2, -0.15) is 0 Å². The number of thiocarbonyl (C=S) groups is 1. The average Bonchev–Trinajstić information content (AvgIpc) is 2.55. The van der Waals surface area contributed by atoms with Gasteiger partial charge in [0, 0.05) is 23.0 Å². The zero-order chi connectivity index (χ0) is 16.8. The van der Waals surface area contributed by atoms with Crippen LogP contribution in [0.1, 0.15) is 20.7 Å². The number of halogens is 2. The first-order valence-corrected chi connectivity index (χ1v) is 7.40. The molecule has 2 amide bonds. The summed E-state index contributed by atoms with van der Waals surface area (Å²) in [6, 6.07) is 7.54. The summed E-state index contributed by atoms with van der Waals surface area (Å²) >= 11 is 16.7. The standard InChI is InChI=1S/C14H10Cl2N4O2S/c15-9-1-2-11(16)10(7-9)13(22)18-14(23)20-19-12(21)8-3-5-17-6-4-8/h1-7H,(H,19,21)(H2,18,20,22,23). The van der Waals surface area contributed by atoms with Gasteiger partial charge in [-0.3, -0.25) is 30.7 Å². The van der Waals surface area contributed by atoms with Crippen LogP contribution in [0.5, 0.6) is 0 Å². The highest BCUT2D eigenvalue weighted by Crippen LogP contribution is 2.20. The number of rotatable bonds is 2. The largest absolute Gasteiger partial charge is 0.298 e. The van der Waals surface area contributed by atoms with Crippen LogP contribution < -0.4 is 16.2 Å². The molecular weight excluding hydrogens is 359 g/mol. The molecule has 0 aliphatic rings. The van der Waals surface area contributed by atoms with Crippen molar-refractivity contribution in [3.8, 4) is 0 Å². The minimum atomic E-state index is -0.548. The second-order valence-electron chi connectivity index (χ2n) is 4.22. The van der Waals surface area contributed by atoms with Crippen molar-refractivity contribution >= 4 is 52.3 Å². The van der Waals surface area contributed by atoms with Gasteiger partial charge in [-0.05, 0) is 42.5 Å². The van der Waals surface area contributed by atoms with Crippen LogP contribution in [-0.4, -0.2) is 21.9 Å². The Morgan fingerprint density at radius 2 is 1.70 bits per heavy atom. The van der Waals surface area contributed by atoms with Gasteiger partial charge < -0.3 is 0 Å². The Labute approximate surface area is 147 Å². The number of nitrogens with one attached hydrogen (secondary N) is 3. The maximum Gasteiger partial charge on any atom is 0.269 e. The number of carbonyl (C=O) groups excluding carboxylic acids is 2. The molecule has 0 aliphatic heterocycles. The molecule has 0 saturated carbocycles. The highest BCUT2D eigenvalue weighted by atomic mass is 35.5. The molecule has 9 heteroatoms. The predicted molar refractivity (Wildman–Crippen MR) is 91.4 cm³/mol. The second-order valence-corrected chi connectivity index (χ2v) is 5.47. The lowest BCUT2D eigenvalue weighted by molar-refractivity contribution is 0.0934. The number of benzene rings is 1. The van der Waals surface area contributed by atoms with Crippen LogP contribution in [0.25, 0.3) is 0 Å². The highest BCUT2D eigenvalue weighted by Gasteiger charge is 2.13. The van der Waals surface area contributed by atoms with E-state index < -0.39 is 11.8 Å². The monoisotopic (exact) mass is 368 g/mol. The molecule has 0 radical (unpaired) electrons. The lowest BCUT2D eigenvalue weighted by Crippen LogP contribution is -2.48. The molecule has 1 heterocycles. The van der Waals surface area contributed by atoms with Gasteiger partial charge in [0.15, 0.2) is 5.11 Å². The first-order valence-electron chi connectivity index (χ1n) is 6.24. The fourth-order valence-electron chi connectivity index (χ4n) is 1.56. The van der Waals surface area contributed by atoms with Gasteiger partial charge >= 0.3 is 0 Å². The van der Waals surface area contributed by atoms with Crippen molar-refractivity contribution in [1.82, 2.24) is 21.2 Å². The van der Waals surface area contributed by atoms with Crippen LogP contribution in [0.2, 0.25) is 10.0 Å². The van der Waals surface area contributed by atoms with E-state index in [1.54, 1.807) is 6.07 Å². The van der Waals surface area contributed by atoms with E-state index in [0.29, 0.717) is 10.6 Å². The van der Waals surface area contributed by atoms with Crippen LogP contribution in [0.4, 0.5) is 0 Å². The fraction of sp³-hybridized carbons (Fsp3) is 0. The Balaban J connectivity index is 1.91. The Morgan fingerprint density at radius 3 is 2.39 bits per heavy atom. The van der Waals surface area contributed by atoms with Crippen molar-refractivity contribution in [1.29, 1.82) is 0 Å². The normalized spacial score (nSPS) is 9.83. The summed E-state index contributed by atoms with van der Waals surface area (Å²) in [4.78, 5) is 27.6. The predicted octanol–water partition coefficient (Wildman–Crippen LogP) is 2.34. The van der Waals surface area contributed by atoms with E-state index in [-0.39, 0.29) is 15.7 Å². The number of amides is 2. The Hall–Kier alpha value is -2.22. The Morgan fingerprint density at radius 1 is 1.00 bits per heavy atom. The van der Waals surface area contributed by atoms with E-state index in [0.717, 1.165) is 0 Å². The third-order valence-electron chi connectivity index (χ3n) is 2.63. The summed E-state index contributed by atoms with van der Waals surface area (Å²) < 4.78 is 0. The molecule has 2 rings (SSSR count). The van der Waals surface area contributed by atoms with Crippen molar-refractivity contribution < 1.29 is 9.59 Å². The first kappa shape index (κ1) is 17.1. The van der Waals surface area contributed by atoms with Gasteiger partial charge in [-0.25, -0.2) is 0 Å². The van der Waals surface area contributed by atoms with Crippen LogP contribution in [0, 0.1) is 0 Å². The highest BCUT2D eigenvalue weighted by molar-refractivity contribution is 7.80. The third-order valence-corrected chi connectivity index (χ3v) is 3.40. The summed E-state index contributed by atoms with van der Waals surface area (Å²) in [7, 11) is 0. The first-order chi connectivity index (χ1) is 11.0. The van der Waals surface area contributed by atoms with Gasteiger partial charge in [0.05, 0.1) is 10.6 Å². The van der Waals surface area contributed by atoms with E-state index in [1.807, 2.05) is 0 Å². The second kappa shape index (κ2) is 7.87. The summed E-state index contributed by atoms with van der Waals surface area (Å²) in [6.45, 7) is 0. The molecule has 0 atom stereocenters. The van der Waals surface area contributed by atoms with Crippen molar-refractivity contribution in [2.75, 3.05) is 0 Å². The number of carbonyl (C=O) groups is 2. The molecule has 6 nitrogen and oxygen atoms in total. The molecule has 3 N–H and O–H groups in total. The number of aromatic nitrogens is 1. The number of pyridine rings is 1. The molecule has 0 spiro atoms. The lowest BCUT2D eigenvalue weighted by Gasteiger charge is -2.11. The zero-order valence-corrected chi connectivity index (χ0v) is 13.8. The molecule has 23 heavy (non-hydrogen) atoms. The van der Waals surface area contributed by atoms with E-state index in [2.05, 4.69) is 21.2 Å². The maximum atomic E-state index is 12.0. The number of hydrazine groups is 1. The average molecular weight is 369 g/mol. The summed E-state index contributed by atoms with van der Waals surface area (Å²) in [6.07, 6.45) is 2.96. The molecular formula is C14H10Cl2N4O2S. The van der Waals surface area contributed by atoms with Crippen molar-refractivity contribution in [2.24, 2.45) is 0 Å². The third kappa shape index (κ3) is 4.88. The van der Waals surface area contributed by atoms with Crippen molar-refractivity contribution in [2.45, 2.75) is 0 Å². The molecule has 0 bridgehead atoms. The van der Waals surface area contributed by atoms with E-state index >= 15 is 0 Å². The maximum absolute atomic E-state index is 12.0. The van der Waals surface area contributed by atoms with E-state index in [9.17, 15) is 9.59 Å². The Kier molecular flexibility index (Phi) is 5.86. The van der Waals surface area contributed by atoms with Crippen LogP contribution in [0.3, 0.4) is 0 Å². The van der Waals surface area contributed by atoms with Crippen molar-refractivity contribution in [3.05, 3.63) is 63.9 Å². The van der Waals surface area contributed by atoms with Gasteiger partial charge in [0.1, 0.15) is 0 Å².